The van der Waals surface area contributed by atoms with E-state index in [9.17, 15) is 4.39 Å². The van der Waals surface area contributed by atoms with Gasteiger partial charge in [0, 0.05) is 6.20 Å². The van der Waals surface area contributed by atoms with Gasteiger partial charge in [0.15, 0.2) is 11.6 Å². The summed E-state index contributed by atoms with van der Waals surface area (Å²) in [5.41, 5.74) is 5.26. The van der Waals surface area contributed by atoms with E-state index in [0.29, 0.717) is 0 Å². The number of rotatable bonds is 0. The molecule has 0 atom stereocenters. The summed E-state index contributed by atoms with van der Waals surface area (Å²) in [4.78, 5) is 3.49. The van der Waals surface area contributed by atoms with Crippen molar-refractivity contribution in [2.24, 2.45) is 0 Å². The molecule has 50 valence electrons. The minimum absolute atomic E-state index is 0.146. The van der Waals surface area contributed by atoms with Crippen molar-refractivity contribution in [1.29, 1.82) is 0 Å². The lowest BCUT2D eigenvalue weighted by Gasteiger charge is -1.95. The normalized spacial score (nSPS) is 8.80. The number of nitrogens with two attached hydrogens (primary N) is 1. The quantitative estimate of drug-likeness (QED) is 0.535. The molecular weight excluding hydrogens is 131 g/mol. The van der Waals surface area contributed by atoms with Gasteiger partial charge in [-0.1, -0.05) is 5.92 Å². The van der Waals surface area contributed by atoms with Crippen LogP contribution >= 0.6 is 0 Å². The van der Waals surface area contributed by atoms with Crippen LogP contribution in [0.4, 0.5) is 10.2 Å². The third kappa shape index (κ3) is 0.914. The van der Waals surface area contributed by atoms with Gasteiger partial charge in [-0.15, -0.1) is 6.42 Å². The number of aromatic nitrogens is 1. The van der Waals surface area contributed by atoms with Crippen molar-refractivity contribution >= 4 is 5.82 Å². The molecule has 0 aliphatic rings. The smallest absolute Gasteiger partial charge is 0.180 e. The highest BCUT2D eigenvalue weighted by molar-refractivity contribution is 5.42. The molecule has 0 aromatic carbocycles. The molecule has 1 heterocycles. The predicted octanol–water partition coefficient (Wildman–Crippen LogP) is 0.784. The summed E-state index contributed by atoms with van der Waals surface area (Å²) in [7, 11) is 0. The first kappa shape index (κ1) is 6.56. The van der Waals surface area contributed by atoms with Crippen LogP contribution in [0.1, 0.15) is 5.56 Å². The molecule has 0 unspecified atom stereocenters. The number of pyridine rings is 1. The lowest BCUT2D eigenvalue weighted by Crippen LogP contribution is -1.96. The van der Waals surface area contributed by atoms with E-state index in [1.807, 2.05) is 0 Å². The maximum absolute atomic E-state index is 12.7. The Balaban J connectivity index is 3.31. The Labute approximate surface area is 57.9 Å². The molecule has 0 spiro atoms. The zero-order valence-corrected chi connectivity index (χ0v) is 5.13. The Morgan fingerprint density at radius 3 is 2.90 bits per heavy atom. The van der Waals surface area contributed by atoms with Crippen molar-refractivity contribution in [2.45, 2.75) is 0 Å². The van der Waals surface area contributed by atoms with Gasteiger partial charge in [0.05, 0.1) is 5.56 Å². The Hall–Kier alpha value is -1.56. The third-order valence-corrected chi connectivity index (χ3v) is 1.07. The van der Waals surface area contributed by atoms with E-state index in [4.69, 9.17) is 12.2 Å². The van der Waals surface area contributed by atoms with Crippen molar-refractivity contribution in [1.82, 2.24) is 4.98 Å². The van der Waals surface area contributed by atoms with Crippen molar-refractivity contribution in [2.75, 3.05) is 5.73 Å². The minimum Gasteiger partial charge on any atom is -0.381 e. The van der Waals surface area contributed by atoms with Crippen LogP contribution in [0.3, 0.4) is 0 Å². The largest absolute Gasteiger partial charge is 0.381 e. The minimum atomic E-state index is -0.620. The number of hydrogen-bond donors (Lipinski definition) is 1. The Morgan fingerprint density at radius 1 is 1.70 bits per heavy atom. The van der Waals surface area contributed by atoms with Crippen LogP contribution < -0.4 is 5.73 Å². The molecule has 0 aliphatic heterocycles. The molecule has 1 aromatic heterocycles. The van der Waals surface area contributed by atoms with E-state index < -0.39 is 5.82 Å². The second-order valence-corrected chi connectivity index (χ2v) is 1.70. The number of nitrogen functional groups attached to an aromatic ring is 1. The summed E-state index contributed by atoms with van der Waals surface area (Å²) in [6.07, 6.45) is 6.31. The molecule has 0 bridgehead atoms. The molecule has 0 amide bonds. The van der Waals surface area contributed by atoms with Crippen molar-refractivity contribution in [3.8, 4) is 12.3 Å². The van der Waals surface area contributed by atoms with Crippen molar-refractivity contribution < 1.29 is 4.39 Å². The van der Waals surface area contributed by atoms with Gasteiger partial charge in [0.1, 0.15) is 0 Å². The van der Waals surface area contributed by atoms with Crippen LogP contribution in [0.2, 0.25) is 0 Å². The Kier molecular flexibility index (Phi) is 1.55. The van der Waals surface area contributed by atoms with E-state index in [0.717, 1.165) is 0 Å². The fourth-order valence-electron chi connectivity index (χ4n) is 0.571. The van der Waals surface area contributed by atoms with Crippen LogP contribution in [0, 0.1) is 18.2 Å². The summed E-state index contributed by atoms with van der Waals surface area (Å²) in [6.45, 7) is 0. The lowest BCUT2D eigenvalue weighted by molar-refractivity contribution is 0.624. The molecule has 1 aromatic rings. The number of terminal acetylenes is 1. The number of anilines is 1. The number of halogens is 1. The van der Waals surface area contributed by atoms with E-state index in [1.54, 1.807) is 0 Å². The second kappa shape index (κ2) is 2.36. The van der Waals surface area contributed by atoms with Gasteiger partial charge in [-0.05, 0) is 6.07 Å². The SMILES string of the molecule is C#Cc1ccnc(N)c1F. The molecule has 2 nitrogen and oxygen atoms in total. The average molecular weight is 136 g/mol. The van der Waals surface area contributed by atoms with Gasteiger partial charge in [-0.2, -0.15) is 0 Å². The third-order valence-electron chi connectivity index (χ3n) is 1.07. The van der Waals surface area contributed by atoms with Crippen molar-refractivity contribution in [3.63, 3.8) is 0 Å². The van der Waals surface area contributed by atoms with Gasteiger partial charge < -0.3 is 5.73 Å². The number of hydrogen-bond acceptors (Lipinski definition) is 2. The fraction of sp³-hybridized carbons (Fsp3) is 0. The molecule has 3 heteroatoms. The topological polar surface area (TPSA) is 38.9 Å². The summed E-state index contributed by atoms with van der Waals surface area (Å²) >= 11 is 0. The summed E-state index contributed by atoms with van der Waals surface area (Å²) < 4.78 is 12.7. The lowest BCUT2D eigenvalue weighted by atomic mass is 10.2. The second-order valence-electron chi connectivity index (χ2n) is 1.70. The molecule has 0 radical (unpaired) electrons. The van der Waals surface area contributed by atoms with Crippen LogP contribution in [-0.2, 0) is 0 Å². The van der Waals surface area contributed by atoms with Gasteiger partial charge in [-0.3, -0.25) is 0 Å². The highest BCUT2D eigenvalue weighted by Gasteiger charge is 2.01. The zero-order valence-electron chi connectivity index (χ0n) is 5.13. The van der Waals surface area contributed by atoms with Gasteiger partial charge in [-0.25, -0.2) is 9.37 Å². The van der Waals surface area contributed by atoms with E-state index in [1.165, 1.54) is 12.3 Å². The highest BCUT2D eigenvalue weighted by Crippen LogP contribution is 2.09. The molecule has 10 heavy (non-hydrogen) atoms. The first-order valence-corrected chi connectivity index (χ1v) is 2.62. The van der Waals surface area contributed by atoms with E-state index in [-0.39, 0.29) is 11.4 Å². The molecule has 1 rings (SSSR count). The monoisotopic (exact) mass is 136 g/mol. The zero-order chi connectivity index (χ0) is 7.56. The number of nitrogens with zero attached hydrogens (tertiary/aromatic N) is 1. The van der Waals surface area contributed by atoms with Crippen LogP contribution in [0.15, 0.2) is 12.3 Å². The first-order chi connectivity index (χ1) is 4.75. The molecular formula is C7H5FN2. The average Bonchev–Trinajstić information content (AvgIpc) is 1.95. The summed E-state index contributed by atoms with van der Waals surface area (Å²) in [5.74, 6) is 1.36. The van der Waals surface area contributed by atoms with Crippen LogP contribution in [-0.4, -0.2) is 4.98 Å². The van der Waals surface area contributed by atoms with Gasteiger partial charge in [0.25, 0.3) is 0 Å². The maximum Gasteiger partial charge on any atom is 0.180 e. The molecule has 0 fully saturated rings. The van der Waals surface area contributed by atoms with E-state index in [2.05, 4.69) is 10.9 Å². The first-order valence-electron chi connectivity index (χ1n) is 2.62. The Morgan fingerprint density at radius 2 is 2.40 bits per heavy atom. The maximum atomic E-state index is 12.7. The summed E-state index contributed by atoms with van der Waals surface area (Å²) in [6, 6.07) is 1.39. The van der Waals surface area contributed by atoms with E-state index >= 15 is 0 Å². The van der Waals surface area contributed by atoms with Crippen LogP contribution in [0.5, 0.6) is 0 Å². The standard InChI is InChI=1S/C7H5FN2/c1-2-5-3-4-10-7(9)6(5)8/h1,3-4H,(H2,9,10). The Bertz CT molecular complexity index is 288. The highest BCUT2D eigenvalue weighted by atomic mass is 19.1. The molecule has 2 N–H and O–H groups in total. The molecule has 0 saturated heterocycles. The molecule has 0 aliphatic carbocycles. The van der Waals surface area contributed by atoms with Crippen LogP contribution in [0.25, 0.3) is 0 Å². The van der Waals surface area contributed by atoms with Crippen molar-refractivity contribution in [3.05, 3.63) is 23.6 Å². The predicted molar refractivity (Wildman–Crippen MR) is 36.5 cm³/mol. The summed E-state index contributed by atoms with van der Waals surface area (Å²) in [5, 5.41) is 0. The molecule has 0 saturated carbocycles. The van der Waals surface area contributed by atoms with Gasteiger partial charge >= 0.3 is 0 Å². The van der Waals surface area contributed by atoms with Gasteiger partial charge in [0.2, 0.25) is 0 Å². The fourth-order valence-corrected chi connectivity index (χ4v) is 0.571.